The highest BCUT2D eigenvalue weighted by molar-refractivity contribution is 5.79. The second kappa shape index (κ2) is 8.94. The van der Waals surface area contributed by atoms with E-state index in [2.05, 4.69) is 13.8 Å². The Labute approximate surface area is 104 Å². The summed E-state index contributed by atoms with van der Waals surface area (Å²) >= 11 is 0. The first-order valence-corrected chi connectivity index (χ1v) is 6.13. The molecule has 1 heterocycles. The lowest BCUT2D eigenvalue weighted by atomic mass is 10.2. The van der Waals surface area contributed by atoms with E-state index < -0.39 is 12.2 Å². The van der Waals surface area contributed by atoms with E-state index in [1.165, 1.54) is 24.2 Å². The van der Waals surface area contributed by atoms with E-state index in [1.54, 1.807) is 0 Å². The van der Waals surface area contributed by atoms with Crippen LogP contribution in [0.5, 0.6) is 0 Å². The molecule has 1 saturated heterocycles. The number of alkyl halides is 1. The van der Waals surface area contributed by atoms with E-state index in [1.807, 2.05) is 6.07 Å². The van der Waals surface area contributed by atoms with Crippen molar-refractivity contribution in [3.05, 3.63) is 0 Å². The topological polar surface area (TPSA) is 70.1 Å². The molecule has 0 radical (unpaired) electrons. The van der Waals surface area contributed by atoms with E-state index in [0.29, 0.717) is 0 Å². The number of hydrogen-bond donors (Lipinski definition) is 1. The number of carbonyl (C=O) groups excluding carboxylic acids is 1. The van der Waals surface area contributed by atoms with Crippen LogP contribution in [0.3, 0.4) is 0 Å². The second-order valence-electron chi connectivity index (χ2n) is 4.08. The summed E-state index contributed by atoms with van der Waals surface area (Å²) < 4.78 is 12.7. The fourth-order valence-corrected chi connectivity index (χ4v) is 1.65. The quantitative estimate of drug-likeness (QED) is 0.825. The molecule has 100 valence electrons. The molecule has 4 nitrogen and oxygen atoms in total. The Morgan fingerprint density at radius 1 is 1.59 bits per heavy atom. The first kappa shape index (κ1) is 15.9. The van der Waals surface area contributed by atoms with Crippen molar-refractivity contribution in [2.45, 2.75) is 51.7 Å². The molecule has 1 aliphatic rings. The third-order valence-electron chi connectivity index (χ3n) is 2.60. The number of nitrogens with zero attached hydrogens (tertiary/aromatic N) is 2. The van der Waals surface area contributed by atoms with Crippen LogP contribution in [0.4, 0.5) is 4.39 Å². The van der Waals surface area contributed by atoms with Crippen LogP contribution in [0.2, 0.25) is 0 Å². The van der Waals surface area contributed by atoms with E-state index in [-0.39, 0.29) is 26.8 Å². The highest BCUT2D eigenvalue weighted by atomic mass is 19.1. The molecule has 1 rings (SSSR count). The van der Waals surface area contributed by atoms with Crippen molar-refractivity contribution in [1.29, 1.82) is 5.26 Å². The van der Waals surface area contributed by atoms with Gasteiger partial charge in [0.1, 0.15) is 12.2 Å². The molecule has 0 aromatic carbocycles. The zero-order valence-electron chi connectivity index (χ0n) is 10.7. The predicted octanol–water partition coefficient (Wildman–Crippen LogP) is 1.85. The van der Waals surface area contributed by atoms with Crippen molar-refractivity contribution in [2.75, 3.05) is 13.1 Å². The van der Waals surface area contributed by atoms with E-state index in [0.717, 1.165) is 0 Å². The van der Waals surface area contributed by atoms with Crippen LogP contribution in [0.15, 0.2) is 0 Å². The van der Waals surface area contributed by atoms with Crippen LogP contribution in [-0.2, 0) is 4.79 Å². The Kier molecular flexibility index (Phi) is 8.34. The van der Waals surface area contributed by atoms with Crippen molar-refractivity contribution < 1.29 is 10.6 Å². The first-order chi connectivity index (χ1) is 8.10. The normalized spacial score (nSPS) is 22.6. The molecule has 2 N–H and O–H groups in total. The van der Waals surface area contributed by atoms with E-state index in [4.69, 9.17) is 11.0 Å². The fraction of sp³-hybridized carbons (Fsp3) is 0.833. The van der Waals surface area contributed by atoms with Crippen LogP contribution < -0.4 is 5.73 Å². The summed E-state index contributed by atoms with van der Waals surface area (Å²) in [4.78, 5) is 12.2. The number of halogens is 1. The zero-order chi connectivity index (χ0) is 13.3. The summed E-state index contributed by atoms with van der Waals surface area (Å²) in [6.07, 6.45) is 3.11. The van der Waals surface area contributed by atoms with Gasteiger partial charge in [-0.15, -0.1) is 0 Å². The van der Waals surface area contributed by atoms with Crippen LogP contribution in [0.1, 0.15) is 41.0 Å². The maximum Gasteiger partial charge on any atom is 0.237 e. The smallest absolute Gasteiger partial charge is 0.237 e. The standard InChI is InChI=1S/C7H10FN3O.C5H12.H2/c8-5-1-6(2-9)11(4-5)7(12)3-10;1-3-5-4-2;/h5-6H,1,3-4,10H2;3-5H2,1-2H3;1H/t5-,6?;;/m0../s1. The summed E-state index contributed by atoms with van der Waals surface area (Å²) in [6.45, 7) is 4.27. The van der Waals surface area contributed by atoms with Gasteiger partial charge in [0.2, 0.25) is 5.91 Å². The van der Waals surface area contributed by atoms with Gasteiger partial charge in [-0.25, -0.2) is 4.39 Å². The number of amides is 1. The maximum absolute atomic E-state index is 12.7. The second-order valence-corrected chi connectivity index (χ2v) is 4.08. The molecule has 0 spiro atoms. The van der Waals surface area contributed by atoms with Gasteiger partial charge in [0.05, 0.1) is 19.2 Å². The van der Waals surface area contributed by atoms with Crippen molar-refractivity contribution in [3.8, 4) is 6.07 Å². The molecular formula is C12H24FN3O. The molecule has 1 amide bonds. The number of rotatable bonds is 3. The predicted molar refractivity (Wildman–Crippen MR) is 67.0 cm³/mol. The monoisotopic (exact) mass is 245 g/mol. The highest BCUT2D eigenvalue weighted by Crippen LogP contribution is 2.19. The molecule has 1 fully saturated rings. The molecule has 1 unspecified atom stereocenters. The number of nitrogens with two attached hydrogens (primary N) is 1. The lowest BCUT2D eigenvalue weighted by molar-refractivity contribution is -0.129. The summed E-state index contributed by atoms with van der Waals surface area (Å²) in [5, 5.41) is 8.55. The van der Waals surface area contributed by atoms with Gasteiger partial charge in [-0.1, -0.05) is 33.1 Å². The number of unbranched alkanes of at least 4 members (excludes halogenated alkanes) is 2. The van der Waals surface area contributed by atoms with Crippen molar-refractivity contribution >= 4 is 5.91 Å². The summed E-state index contributed by atoms with van der Waals surface area (Å²) in [5.74, 6) is -0.360. The third-order valence-corrected chi connectivity index (χ3v) is 2.60. The van der Waals surface area contributed by atoms with Crippen LogP contribution in [0.25, 0.3) is 0 Å². The first-order valence-electron chi connectivity index (χ1n) is 6.13. The van der Waals surface area contributed by atoms with Gasteiger partial charge in [0.15, 0.2) is 0 Å². The molecule has 0 bridgehead atoms. The molecule has 2 atom stereocenters. The summed E-state index contributed by atoms with van der Waals surface area (Å²) in [6, 6.07) is 1.24. The Balaban J connectivity index is 0. The van der Waals surface area contributed by atoms with E-state index >= 15 is 0 Å². The molecule has 17 heavy (non-hydrogen) atoms. The van der Waals surface area contributed by atoms with Crippen molar-refractivity contribution in [1.82, 2.24) is 4.90 Å². The molecule has 5 heteroatoms. The van der Waals surface area contributed by atoms with Gasteiger partial charge in [0.25, 0.3) is 0 Å². The Bertz CT molecular complexity index is 269. The van der Waals surface area contributed by atoms with Gasteiger partial charge >= 0.3 is 0 Å². The Morgan fingerprint density at radius 2 is 2.18 bits per heavy atom. The van der Waals surface area contributed by atoms with Gasteiger partial charge in [0, 0.05) is 7.85 Å². The highest BCUT2D eigenvalue weighted by Gasteiger charge is 2.34. The number of hydrogen-bond acceptors (Lipinski definition) is 3. The van der Waals surface area contributed by atoms with Crippen LogP contribution in [-0.4, -0.2) is 36.1 Å². The van der Waals surface area contributed by atoms with Crippen molar-refractivity contribution in [3.63, 3.8) is 0 Å². The minimum absolute atomic E-state index is 0. The lowest BCUT2D eigenvalue weighted by Gasteiger charge is -2.17. The number of carbonyl (C=O) groups is 1. The zero-order valence-corrected chi connectivity index (χ0v) is 10.7. The SMILES string of the molecule is CCCCC.N#CC1C[C@H](F)CN1C(=O)CN.[HH]. The summed E-state index contributed by atoms with van der Waals surface area (Å²) in [7, 11) is 0. The molecular weight excluding hydrogens is 221 g/mol. The van der Waals surface area contributed by atoms with Gasteiger partial charge in [-0.3, -0.25) is 4.79 Å². The van der Waals surface area contributed by atoms with Gasteiger partial charge in [-0.2, -0.15) is 5.26 Å². The Morgan fingerprint density at radius 3 is 2.53 bits per heavy atom. The lowest BCUT2D eigenvalue weighted by Crippen LogP contribution is -2.39. The third kappa shape index (κ3) is 5.64. The van der Waals surface area contributed by atoms with Crippen LogP contribution in [0, 0.1) is 11.3 Å². The Hall–Kier alpha value is -1.15. The fourth-order valence-electron chi connectivity index (χ4n) is 1.65. The molecule has 0 saturated carbocycles. The maximum atomic E-state index is 12.7. The molecule has 0 aromatic rings. The average Bonchev–Trinajstić information content (AvgIpc) is 2.71. The van der Waals surface area contributed by atoms with Crippen molar-refractivity contribution in [2.24, 2.45) is 5.73 Å². The summed E-state index contributed by atoms with van der Waals surface area (Å²) in [5.41, 5.74) is 5.09. The largest absolute Gasteiger partial charge is 0.323 e. The molecule has 0 aliphatic carbocycles. The molecule has 0 aromatic heterocycles. The van der Waals surface area contributed by atoms with E-state index in [9.17, 15) is 9.18 Å². The number of nitriles is 1. The van der Waals surface area contributed by atoms with Crippen LogP contribution >= 0.6 is 0 Å². The van der Waals surface area contributed by atoms with Gasteiger partial charge < -0.3 is 10.6 Å². The number of likely N-dealkylation sites (tertiary alicyclic amines) is 1. The van der Waals surface area contributed by atoms with Gasteiger partial charge in [-0.05, 0) is 0 Å². The molecule has 1 aliphatic heterocycles. The average molecular weight is 245 g/mol. The minimum atomic E-state index is -1.08. The minimum Gasteiger partial charge on any atom is -0.323 e.